The van der Waals surface area contributed by atoms with E-state index >= 15 is 0 Å². The molecule has 2 aromatic carbocycles. The molecule has 0 saturated carbocycles. The van der Waals surface area contributed by atoms with E-state index in [2.05, 4.69) is 24.3 Å². The van der Waals surface area contributed by atoms with Crippen LogP contribution in [-0.2, 0) is 21.1 Å². The van der Waals surface area contributed by atoms with Gasteiger partial charge in [-0.2, -0.15) is 0 Å². The van der Waals surface area contributed by atoms with E-state index in [9.17, 15) is 13.2 Å². The minimum absolute atomic E-state index is 0.194. The highest BCUT2D eigenvalue weighted by Gasteiger charge is 2.22. The van der Waals surface area contributed by atoms with E-state index in [-0.39, 0.29) is 10.8 Å². The fourth-order valence-corrected chi connectivity index (χ4v) is 4.32. The monoisotopic (exact) mass is 415 g/mol. The number of rotatable bonds is 8. The Labute approximate surface area is 173 Å². The van der Waals surface area contributed by atoms with Gasteiger partial charge in [0.2, 0.25) is 5.91 Å². The summed E-state index contributed by atoms with van der Waals surface area (Å²) >= 11 is 0. The third kappa shape index (κ3) is 6.60. The van der Waals surface area contributed by atoms with Crippen LogP contribution in [-0.4, -0.2) is 45.2 Å². The van der Waals surface area contributed by atoms with Crippen molar-refractivity contribution >= 4 is 15.7 Å². The summed E-state index contributed by atoms with van der Waals surface area (Å²) in [4.78, 5) is 14.7. The van der Waals surface area contributed by atoms with Crippen molar-refractivity contribution < 1.29 is 17.9 Å². The highest BCUT2D eigenvalue weighted by atomic mass is 32.2. The topological polar surface area (TPSA) is 63.7 Å². The SMILES string of the molecule is CS(=O)(=O)c1ccc(OCCCC(=O)N2CCC(Cc3ccccc3)CC2)cc1. The van der Waals surface area contributed by atoms with Crippen molar-refractivity contribution in [3.63, 3.8) is 0 Å². The molecular weight excluding hydrogens is 386 g/mol. The first-order valence-electron chi connectivity index (χ1n) is 10.2. The molecule has 156 valence electrons. The number of carbonyl (C=O) groups is 1. The quantitative estimate of drug-likeness (QED) is 0.616. The minimum atomic E-state index is -3.20. The van der Waals surface area contributed by atoms with Crippen LogP contribution < -0.4 is 4.74 Å². The van der Waals surface area contributed by atoms with Crippen molar-refractivity contribution in [1.82, 2.24) is 4.90 Å². The summed E-state index contributed by atoms with van der Waals surface area (Å²) in [5.41, 5.74) is 1.37. The molecular formula is C23H29NO4S. The Hall–Kier alpha value is -2.34. The molecule has 0 bridgehead atoms. The second kappa shape index (κ2) is 9.92. The highest BCUT2D eigenvalue weighted by molar-refractivity contribution is 7.90. The van der Waals surface area contributed by atoms with Crippen LogP contribution in [0.3, 0.4) is 0 Å². The summed E-state index contributed by atoms with van der Waals surface area (Å²) < 4.78 is 28.5. The summed E-state index contributed by atoms with van der Waals surface area (Å²) in [7, 11) is -3.20. The van der Waals surface area contributed by atoms with Gasteiger partial charge in [-0.05, 0) is 61.4 Å². The second-order valence-electron chi connectivity index (χ2n) is 7.71. The molecule has 1 amide bonds. The molecule has 0 aliphatic carbocycles. The van der Waals surface area contributed by atoms with Crippen LogP contribution >= 0.6 is 0 Å². The first kappa shape index (κ1) is 21.4. The Bertz CT molecular complexity index is 886. The van der Waals surface area contributed by atoms with E-state index < -0.39 is 9.84 Å². The van der Waals surface area contributed by atoms with Gasteiger partial charge >= 0.3 is 0 Å². The molecule has 0 N–H and O–H groups in total. The normalized spacial score (nSPS) is 15.3. The van der Waals surface area contributed by atoms with E-state index in [0.29, 0.717) is 31.1 Å². The van der Waals surface area contributed by atoms with Crippen molar-refractivity contribution in [2.24, 2.45) is 5.92 Å². The smallest absolute Gasteiger partial charge is 0.222 e. The van der Waals surface area contributed by atoms with E-state index in [1.165, 1.54) is 24.0 Å². The van der Waals surface area contributed by atoms with E-state index in [1.807, 2.05) is 11.0 Å². The summed E-state index contributed by atoms with van der Waals surface area (Å²) in [6, 6.07) is 16.9. The van der Waals surface area contributed by atoms with Gasteiger partial charge in [0.1, 0.15) is 5.75 Å². The lowest BCUT2D eigenvalue weighted by atomic mass is 9.90. The van der Waals surface area contributed by atoms with Gasteiger partial charge in [-0.15, -0.1) is 0 Å². The van der Waals surface area contributed by atoms with Crippen LogP contribution in [0.25, 0.3) is 0 Å². The molecule has 1 saturated heterocycles. The van der Waals surface area contributed by atoms with Gasteiger partial charge in [0.15, 0.2) is 9.84 Å². The zero-order valence-electron chi connectivity index (χ0n) is 16.9. The number of hydrogen-bond donors (Lipinski definition) is 0. The lowest BCUT2D eigenvalue weighted by Crippen LogP contribution is -2.38. The molecule has 29 heavy (non-hydrogen) atoms. The van der Waals surface area contributed by atoms with Crippen LogP contribution in [0.2, 0.25) is 0 Å². The van der Waals surface area contributed by atoms with Crippen molar-refractivity contribution in [3.8, 4) is 5.75 Å². The number of likely N-dealkylation sites (tertiary alicyclic amines) is 1. The van der Waals surface area contributed by atoms with E-state index in [1.54, 1.807) is 12.1 Å². The first-order chi connectivity index (χ1) is 13.9. The summed E-state index contributed by atoms with van der Waals surface area (Å²) in [5, 5.41) is 0. The molecule has 0 spiro atoms. The number of benzene rings is 2. The molecule has 3 rings (SSSR count). The number of ether oxygens (including phenoxy) is 1. The number of sulfone groups is 1. The molecule has 1 aliphatic rings. The van der Waals surface area contributed by atoms with Crippen molar-refractivity contribution in [2.45, 2.75) is 37.0 Å². The number of amides is 1. The average Bonchev–Trinajstić information content (AvgIpc) is 2.72. The molecule has 1 heterocycles. The molecule has 1 fully saturated rings. The molecule has 0 aromatic heterocycles. The number of carbonyl (C=O) groups excluding carboxylic acids is 1. The molecule has 0 radical (unpaired) electrons. The maximum atomic E-state index is 12.4. The van der Waals surface area contributed by atoms with Crippen molar-refractivity contribution in [2.75, 3.05) is 26.0 Å². The van der Waals surface area contributed by atoms with Gasteiger partial charge in [-0.25, -0.2) is 8.42 Å². The van der Waals surface area contributed by atoms with Crippen LogP contribution in [0, 0.1) is 5.92 Å². The number of piperidine rings is 1. The molecule has 1 aliphatic heterocycles. The van der Waals surface area contributed by atoms with Gasteiger partial charge in [-0.3, -0.25) is 4.79 Å². The zero-order valence-corrected chi connectivity index (χ0v) is 17.7. The first-order valence-corrected chi connectivity index (χ1v) is 12.1. The van der Waals surface area contributed by atoms with E-state index in [0.717, 1.165) is 32.4 Å². The lowest BCUT2D eigenvalue weighted by Gasteiger charge is -2.32. The largest absolute Gasteiger partial charge is 0.494 e. The number of hydrogen-bond acceptors (Lipinski definition) is 4. The second-order valence-corrected chi connectivity index (χ2v) is 9.73. The number of nitrogens with zero attached hydrogens (tertiary/aromatic N) is 1. The molecule has 2 aromatic rings. The van der Waals surface area contributed by atoms with Gasteiger partial charge < -0.3 is 9.64 Å². The fraction of sp³-hybridized carbons (Fsp3) is 0.435. The predicted octanol–water partition coefficient (Wildman–Crippen LogP) is 3.73. The minimum Gasteiger partial charge on any atom is -0.494 e. The Balaban J connectivity index is 1.34. The van der Waals surface area contributed by atoms with E-state index in [4.69, 9.17) is 4.74 Å². The van der Waals surface area contributed by atoms with Gasteiger partial charge in [0.25, 0.3) is 0 Å². The van der Waals surface area contributed by atoms with Crippen molar-refractivity contribution in [3.05, 3.63) is 60.2 Å². The standard InChI is InChI=1S/C23H29NO4S/c1-29(26,27)22-11-9-21(10-12-22)28-17-5-8-23(25)24-15-13-20(14-16-24)18-19-6-3-2-4-7-19/h2-4,6-7,9-12,20H,5,8,13-18H2,1H3. The fourth-order valence-electron chi connectivity index (χ4n) is 3.69. The summed E-state index contributed by atoms with van der Waals surface area (Å²) in [5.74, 6) is 1.46. The maximum Gasteiger partial charge on any atom is 0.222 e. The Morgan fingerprint density at radius 1 is 1.03 bits per heavy atom. The third-order valence-corrected chi connectivity index (χ3v) is 6.52. The van der Waals surface area contributed by atoms with Crippen LogP contribution in [0.5, 0.6) is 5.75 Å². The molecule has 5 nitrogen and oxygen atoms in total. The van der Waals surface area contributed by atoms with Crippen molar-refractivity contribution in [1.29, 1.82) is 0 Å². The molecule has 0 unspecified atom stereocenters. The molecule has 0 atom stereocenters. The maximum absolute atomic E-state index is 12.4. The van der Waals surface area contributed by atoms with Crippen LogP contribution in [0.4, 0.5) is 0 Å². The average molecular weight is 416 g/mol. The summed E-state index contributed by atoms with van der Waals surface area (Å²) in [6.07, 6.45) is 5.52. The Morgan fingerprint density at radius 3 is 2.31 bits per heavy atom. The molecule has 6 heteroatoms. The van der Waals surface area contributed by atoms with Gasteiger partial charge in [-0.1, -0.05) is 30.3 Å². The highest BCUT2D eigenvalue weighted by Crippen LogP contribution is 2.22. The van der Waals surface area contributed by atoms with Crippen LogP contribution in [0.1, 0.15) is 31.2 Å². The third-order valence-electron chi connectivity index (χ3n) is 5.39. The lowest BCUT2D eigenvalue weighted by molar-refractivity contribution is -0.132. The Morgan fingerprint density at radius 2 is 1.69 bits per heavy atom. The summed E-state index contributed by atoms with van der Waals surface area (Å²) in [6.45, 7) is 2.11. The zero-order chi connectivity index (χ0) is 20.7. The van der Waals surface area contributed by atoms with Gasteiger partial charge in [0.05, 0.1) is 11.5 Å². The van der Waals surface area contributed by atoms with Crippen LogP contribution in [0.15, 0.2) is 59.5 Å². The predicted molar refractivity (Wildman–Crippen MR) is 114 cm³/mol. The van der Waals surface area contributed by atoms with Gasteiger partial charge in [0, 0.05) is 25.8 Å². The Kier molecular flexibility index (Phi) is 7.31.